The van der Waals surface area contributed by atoms with Crippen LogP contribution in [0.2, 0.25) is 0 Å². The number of carbonyl (C=O) groups is 2. The molecule has 0 rings (SSSR count). The first-order valence-electron chi connectivity index (χ1n) is 9.99. The number of alkyl halides is 30. The van der Waals surface area contributed by atoms with Crippen LogP contribution in [0.1, 0.15) is 0 Å². The molecule has 51 heavy (non-hydrogen) atoms. The molecule has 0 aliphatic rings. The Hall–Kier alpha value is -2.65. The molecule has 0 saturated carbocycles. The van der Waals surface area contributed by atoms with Gasteiger partial charge in [-0.3, -0.25) is 0 Å². The molecule has 0 N–H and O–H groups in total. The minimum atomic E-state index is -8.50. The summed E-state index contributed by atoms with van der Waals surface area (Å²) in [5.41, 5.74) is 0. The van der Waals surface area contributed by atoms with Crippen LogP contribution < -0.4 is 10.2 Å². The molecule has 0 unspecified atom stereocenters. The SMILES string of the molecule is O=C([O-])C(F)(F)C(F)(F)C(F)(F)C(F)(F)C(F)(F)C(F)(F)C(F)(F)F.O=C([O-])C(F)(F)C(F)(F)C(F)(F)C(F)(F)C(F)(F)C(F)(F)C(F)(F)F.[Co+2]. The molecule has 0 bridgehead atoms. The Balaban J connectivity index is -0.000000886. The Morgan fingerprint density at radius 2 is 0.373 bits per heavy atom. The summed E-state index contributed by atoms with van der Waals surface area (Å²) in [7, 11) is 0. The molecule has 0 aromatic carbocycles. The van der Waals surface area contributed by atoms with Crippen LogP contribution >= 0.6 is 0 Å². The Bertz CT molecular complexity index is 1160. The van der Waals surface area contributed by atoms with Gasteiger partial charge in [-0.15, -0.1) is 0 Å². The fourth-order valence-corrected chi connectivity index (χ4v) is 2.19. The first kappa shape index (κ1) is 52.7. The zero-order chi connectivity index (χ0) is 42.2. The van der Waals surface area contributed by atoms with Gasteiger partial charge < -0.3 is 19.8 Å². The zero-order valence-electron chi connectivity index (χ0n) is 21.3. The standard InChI is InChI=1S/2C8HF15O2.Co/c2*9-2(10,1(24)25)3(11,12)4(13,14)5(15,16)6(17,18)7(19,20)8(21,22)23;/h2*(H,24,25);/q;;+2/p-2. The molecule has 0 spiro atoms. The summed E-state index contributed by atoms with van der Waals surface area (Å²) in [5.74, 6) is -107. The van der Waals surface area contributed by atoms with E-state index in [1.807, 2.05) is 0 Å². The summed E-state index contributed by atoms with van der Waals surface area (Å²) in [6.45, 7) is 0. The summed E-state index contributed by atoms with van der Waals surface area (Å²) in [4.78, 5) is 19.2. The maximum absolute atomic E-state index is 12.8. The average molecular weight is 885 g/mol. The third-order valence-corrected chi connectivity index (χ3v) is 5.17. The van der Waals surface area contributed by atoms with Gasteiger partial charge in [-0.05, 0) is 0 Å². The number of carboxylic acid groups (broad SMARTS) is 2. The van der Waals surface area contributed by atoms with Gasteiger partial charge in [0.1, 0.15) is 11.9 Å². The first-order chi connectivity index (χ1) is 20.9. The predicted molar refractivity (Wildman–Crippen MR) is 81.5 cm³/mol. The van der Waals surface area contributed by atoms with Gasteiger partial charge in [0.2, 0.25) is 0 Å². The van der Waals surface area contributed by atoms with E-state index >= 15 is 0 Å². The van der Waals surface area contributed by atoms with E-state index in [0.717, 1.165) is 0 Å². The number of hydrogen-bond acceptors (Lipinski definition) is 4. The zero-order valence-corrected chi connectivity index (χ0v) is 22.3. The van der Waals surface area contributed by atoms with Crippen LogP contribution in [0.5, 0.6) is 0 Å². The first-order valence-corrected chi connectivity index (χ1v) is 9.99. The topological polar surface area (TPSA) is 80.3 Å². The third kappa shape index (κ3) is 7.07. The largest absolute Gasteiger partial charge is 2.00 e. The van der Waals surface area contributed by atoms with Gasteiger partial charge in [0.25, 0.3) is 0 Å². The van der Waals surface area contributed by atoms with Crippen molar-refractivity contribution in [1.82, 2.24) is 0 Å². The number of rotatable bonds is 12. The van der Waals surface area contributed by atoms with Crippen LogP contribution in [-0.4, -0.2) is 95.4 Å². The molecule has 0 aromatic rings. The smallest absolute Gasteiger partial charge is 0.544 e. The summed E-state index contributed by atoms with van der Waals surface area (Å²) in [5, 5.41) is 19.2. The van der Waals surface area contributed by atoms with Gasteiger partial charge in [0.15, 0.2) is 0 Å². The minimum Gasteiger partial charge on any atom is -0.544 e. The quantitative estimate of drug-likeness (QED) is 0.219. The number of carboxylic acids is 2. The van der Waals surface area contributed by atoms with Crippen molar-refractivity contribution in [1.29, 1.82) is 0 Å². The van der Waals surface area contributed by atoms with E-state index < -0.39 is 95.4 Å². The Morgan fingerprint density at radius 1 is 0.255 bits per heavy atom. The molecule has 307 valence electrons. The van der Waals surface area contributed by atoms with Gasteiger partial charge in [-0.2, -0.15) is 132 Å². The normalized spacial score (nSPS) is 15.8. The van der Waals surface area contributed by atoms with Gasteiger partial charge in [0.05, 0.1) is 0 Å². The van der Waals surface area contributed by atoms with Crippen molar-refractivity contribution < 1.29 is 168 Å². The van der Waals surface area contributed by atoms with E-state index in [2.05, 4.69) is 0 Å². The molecule has 4 nitrogen and oxygen atoms in total. The second-order valence-electron chi connectivity index (χ2n) is 8.46. The van der Waals surface area contributed by atoms with Crippen LogP contribution in [0.25, 0.3) is 0 Å². The predicted octanol–water partition coefficient (Wildman–Crippen LogP) is 6.22. The van der Waals surface area contributed by atoms with Crippen molar-refractivity contribution >= 4 is 11.9 Å². The van der Waals surface area contributed by atoms with Crippen LogP contribution in [-0.2, 0) is 26.4 Å². The molecule has 35 heteroatoms. The van der Waals surface area contributed by atoms with Crippen LogP contribution in [0, 0.1) is 0 Å². The van der Waals surface area contributed by atoms with Crippen molar-refractivity contribution in [3.63, 3.8) is 0 Å². The average Bonchev–Trinajstić information content (AvgIpc) is 2.86. The second kappa shape index (κ2) is 13.3. The van der Waals surface area contributed by atoms with Gasteiger partial charge in [-0.25, -0.2) is 0 Å². The molecule has 0 atom stereocenters. The summed E-state index contributed by atoms with van der Waals surface area (Å²) in [6, 6.07) is 0. The van der Waals surface area contributed by atoms with E-state index in [9.17, 15) is 152 Å². The van der Waals surface area contributed by atoms with Crippen LogP contribution in [0.3, 0.4) is 0 Å². The van der Waals surface area contributed by atoms with Gasteiger partial charge in [0, 0.05) is 0 Å². The maximum Gasteiger partial charge on any atom is 2.00 e. The number of halogens is 30. The van der Waals surface area contributed by atoms with E-state index in [4.69, 9.17) is 0 Å². The van der Waals surface area contributed by atoms with Crippen molar-refractivity contribution in [2.75, 3.05) is 0 Å². The number of carbonyl (C=O) groups excluding carboxylic acids is 2. The number of hydrogen-bond donors (Lipinski definition) is 0. The molecule has 0 heterocycles. The summed E-state index contributed by atoms with van der Waals surface area (Å²) in [6.07, 6.45) is -15.4. The second-order valence-corrected chi connectivity index (χ2v) is 8.46. The van der Waals surface area contributed by atoms with Gasteiger partial charge in [-0.1, -0.05) is 0 Å². The molecule has 0 aliphatic heterocycles. The Kier molecular flexibility index (Phi) is 13.8. The van der Waals surface area contributed by atoms with Crippen LogP contribution in [0.15, 0.2) is 0 Å². The monoisotopic (exact) mass is 885 g/mol. The molecule has 0 saturated heterocycles. The molecule has 0 aliphatic carbocycles. The van der Waals surface area contributed by atoms with Gasteiger partial charge >= 0.3 is 100 Å². The molecule has 0 amide bonds. The van der Waals surface area contributed by atoms with Crippen LogP contribution in [0.4, 0.5) is 132 Å². The maximum atomic E-state index is 12.8. The molecular formula is C16CoF30O4. The van der Waals surface area contributed by atoms with E-state index in [-0.39, 0.29) is 16.8 Å². The fourth-order valence-electron chi connectivity index (χ4n) is 2.19. The number of aliphatic carboxylic acids is 2. The van der Waals surface area contributed by atoms with Crippen molar-refractivity contribution in [2.45, 2.75) is 83.4 Å². The van der Waals surface area contributed by atoms with Crippen molar-refractivity contribution in [2.24, 2.45) is 0 Å². The summed E-state index contributed by atoms with van der Waals surface area (Å²) >= 11 is 0. The van der Waals surface area contributed by atoms with E-state index in [1.165, 1.54) is 0 Å². The van der Waals surface area contributed by atoms with Crippen molar-refractivity contribution in [3.8, 4) is 0 Å². The molecular weight excluding hydrogens is 885 g/mol. The Labute approximate surface area is 264 Å². The van der Waals surface area contributed by atoms with Crippen molar-refractivity contribution in [3.05, 3.63) is 0 Å². The van der Waals surface area contributed by atoms with E-state index in [1.54, 1.807) is 0 Å². The minimum absolute atomic E-state index is 0. The Morgan fingerprint density at radius 3 is 0.490 bits per heavy atom. The molecule has 0 aromatic heterocycles. The molecule has 1 radical (unpaired) electrons. The third-order valence-electron chi connectivity index (χ3n) is 5.17. The summed E-state index contributed by atoms with van der Waals surface area (Å²) < 4.78 is 372. The fraction of sp³-hybridized carbons (Fsp3) is 0.875. The van der Waals surface area contributed by atoms with E-state index in [0.29, 0.717) is 0 Å². The molecule has 0 fully saturated rings.